The number of pyridine rings is 1. The predicted molar refractivity (Wildman–Crippen MR) is 101 cm³/mol. The lowest BCUT2D eigenvalue weighted by atomic mass is 10.1. The first-order chi connectivity index (χ1) is 12.8. The van der Waals surface area contributed by atoms with E-state index in [9.17, 15) is 0 Å². The molecular formula is C19H21N3O3S. The third-order valence-electron chi connectivity index (χ3n) is 4.40. The summed E-state index contributed by atoms with van der Waals surface area (Å²) in [5.41, 5.74) is 1.00. The summed E-state index contributed by atoms with van der Waals surface area (Å²) in [6.07, 6.45) is 5.72. The molecule has 0 N–H and O–H groups in total. The Morgan fingerprint density at radius 2 is 2.23 bits per heavy atom. The minimum Gasteiger partial charge on any atom is -0.489 e. The van der Waals surface area contributed by atoms with Crippen molar-refractivity contribution in [2.75, 3.05) is 19.7 Å². The average molecular weight is 371 g/mol. The van der Waals surface area contributed by atoms with Crippen LogP contribution in [0, 0.1) is 0 Å². The average Bonchev–Trinajstić information content (AvgIpc) is 3.31. The van der Waals surface area contributed by atoms with Crippen LogP contribution in [-0.2, 0) is 6.54 Å². The minimum absolute atomic E-state index is 0.236. The second-order valence-corrected chi connectivity index (χ2v) is 7.18. The van der Waals surface area contributed by atoms with Crippen LogP contribution in [0.5, 0.6) is 11.6 Å². The number of likely N-dealkylation sites (tertiary alicyclic amines) is 1. The van der Waals surface area contributed by atoms with Gasteiger partial charge in [-0.15, -0.1) is 11.3 Å². The van der Waals surface area contributed by atoms with E-state index < -0.39 is 0 Å². The van der Waals surface area contributed by atoms with Gasteiger partial charge >= 0.3 is 0 Å². The Hall–Kier alpha value is -2.38. The van der Waals surface area contributed by atoms with Gasteiger partial charge in [0.1, 0.15) is 18.5 Å². The number of fused-ring (bicyclic) bond motifs is 1. The zero-order valence-electron chi connectivity index (χ0n) is 14.5. The van der Waals surface area contributed by atoms with Crippen LogP contribution in [0.3, 0.4) is 0 Å². The van der Waals surface area contributed by atoms with Crippen LogP contribution in [0.2, 0.25) is 0 Å². The third-order valence-corrected chi connectivity index (χ3v) is 5.32. The second-order valence-electron chi connectivity index (χ2n) is 6.27. The van der Waals surface area contributed by atoms with Gasteiger partial charge in [-0.1, -0.05) is 12.7 Å². The molecule has 1 aliphatic rings. The van der Waals surface area contributed by atoms with E-state index in [1.807, 2.05) is 24.4 Å². The zero-order valence-corrected chi connectivity index (χ0v) is 15.3. The Labute approximate surface area is 156 Å². The molecule has 0 bridgehead atoms. The lowest BCUT2D eigenvalue weighted by molar-refractivity contribution is 0.0926. The Balaban J connectivity index is 1.29. The molecule has 4 rings (SSSR count). The third kappa shape index (κ3) is 3.89. The fraction of sp³-hybridized carbons (Fsp3) is 0.368. The summed E-state index contributed by atoms with van der Waals surface area (Å²) in [7, 11) is 0. The lowest BCUT2D eigenvalue weighted by Gasteiger charge is -2.31. The number of rotatable bonds is 7. The molecule has 136 valence electrons. The topological polar surface area (TPSA) is 60.6 Å². The van der Waals surface area contributed by atoms with Crippen molar-refractivity contribution in [1.82, 2.24) is 15.0 Å². The molecular weight excluding hydrogens is 350 g/mol. The molecule has 1 aliphatic heterocycles. The number of piperidine rings is 1. The van der Waals surface area contributed by atoms with Crippen molar-refractivity contribution in [3.8, 4) is 11.6 Å². The van der Waals surface area contributed by atoms with Crippen LogP contribution in [0.25, 0.3) is 10.2 Å². The normalized spacial score (nSPS) is 16.0. The smallest absolute Gasteiger partial charge is 0.254 e. The summed E-state index contributed by atoms with van der Waals surface area (Å²) in [6.45, 7) is 6.72. The maximum Gasteiger partial charge on any atom is 0.254 e. The Morgan fingerprint density at radius 3 is 3.08 bits per heavy atom. The van der Waals surface area contributed by atoms with E-state index in [1.165, 1.54) is 0 Å². The number of ether oxygens (including phenoxy) is 2. The predicted octanol–water partition coefficient (Wildman–Crippen LogP) is 3.89. The van der Waals surface area contributed by atoms with Crippen LogP contribution >= 0.6 is 11.3 Å². The summed E-state index contributed by atoms with van der Waals surface area (Å²) < 4.78 is 18.1. The molecule has 7 heteroatoms. The van der Waals surface area contributed by atoms with E-state index in [-0.39, 0.29) is 6.10 Å². The first kappa shape index (κ1) is 17.1. The Kier molecular flexibility index (Phi) is 5.17. The number of hydrogen-bond donors (Lipinski definition) is 0. The van der Waals surface area contributed by atoms with Gasteiger partial charge in [-0.05, 0) is 35.5 Å². The molecule has 1 saturated heterocycles. The number of hydrogen-bond acceptors (Lipinski definition) is 7. The lowest BCUT2D eigenvalue weighted by Crippen LogP contribution is -2.37. The highest BCUT2D eigenvalue weighted by atomic mass is 32.1. The molecule has 0 aromatic carbocycles. The molecule has 6 nitrogen and oxygen atoms in total. The van der Waals surface area contributed by atoms with Crippen LogP contribution < -0.4 is 9.47 Å². The van der Waals surface area contributed by atoms with Gasteiger partial charge in [0.2, 0.25) is 0 Å². The molecule has 0 radical (unpaired) electrons. The van der Waals surface area contributed by atoms with E-state index in [4.69, 9.17) is 14.0 Å². The Morgan fingerprint density at radius 1 is 1.35 bits per heavy atom. The van der Waals surface area contributed by atoms with Gasteiger partial charge in [0.15, 0.2) is 5.76 Å². The molecule has 4 heterocycles. The van der Waals surface area contributed by atoms with E-state index in [0.717, 1.165) is 54.2 Å². The number of thiophene rings is 1. The van der Waals surface area contributed by atoms with E-state index in [1.54, 1.807) is 17.4 Å². The maximum absolute atomic E-state index is 6.25. The largest absolute Gasteiger partial charge is 0.489 e. The summed E-state index contributed by atoms with van der Waals surface area (Å²) >= 11 is 1.68. The molecule has 3 aromatic heterocycles. The highest BCUT2D eigenvalue weighted by molar-refractivity contribution is 7.17. The highest BCUT2D eigenvalue weighted by Gasteiger charge is 2.22. The minimum atomic E-state index is 0.236. The van der Waals surface area contributed by atoms with Crippen molar-refractivity contribution in [2.45, 2.75) is 25.5 Å². The van der Waals surface area contributed by atoms with Crippen LogP contribution in [0.4, 0.5) is 0 Å². The van der Waals surface area contributed by atoms with Crippen molar-refractivity contribution in [1.29, 1.82) is 0 Å². The van der Waals surface area contributed by atoms with Crippen molar-refractivity contribution >= 4 is 21.6 Å². The van der Waals surface area contributed by atoms with Crippen molar-refractivity contribution in [3.63, 3.8) is 0 Å². The van der Waals surface area contributed by atoms with Gasteiger partial charge in [0.25, 0.3) is 5.88 Å². The van der Waals surface area contributed by atoms with Gasteiger partial charge < -0.3 is 14.0 Å². The number of aromatic nitrogens is 2. The van der Waals surface area contributed by atoms with Crippen LogP contribution in [0.15, 0.2) is 47.0 Å². The van der Waals surface area contributed by atoms with Crippen molar-refractivity contribution in [2.24, 2.45) is 0 Å². The summed E-state index contributed by atoms with van der Waals surface area (Å²) in [6, 6.07) is 5.83. The maximum atomic E-state index is 6.25. The highest BCUT2D eigenvalue weighted by Crippen LogP contribution is 2.31. The quantitative estimate of drug-likeness (QED) is 0.587. The molecule has 0 amide bonds. The van der Waals surface area contributed by atoms with Gasteiger partial charge in [-0.25, -0.2) is 0 Å². The molecule has 0 atom stereocenters. The Bertz CT molecular complexity index is 868. The molecule has 26 heavy (non-hydrogen) atoms. The van der Waals surface area contributed by atoms with Crippen LogP contribution in [0.1, 0.15) is 18.6 Å². The van der Waals surface area contributed by atoms with E-state index >= 15 is 0 Å². The fourth-order valence-electron chi connectivity index (χ4n) is 3.11. The molecule has 0 spiro atoms. The zero-order chi connectivity index (χ0) is 17.8. The monoisotopic (exact) mass is 371 g/mol. The van der Waals surface area contributed by atoms with Gasteiger partial charge in [-0.2, -0.15) is 0 Å². The van der Waals surface area contributed by atoms with Gasteiger partial charge in [0, 0.05) is 25.4 Å². The van der Waals surface area contributed by atoms with Gasteiger partial charge in [-0.3, -0.25) is 9.88 Å². The first-order valence-corrected chi connectivity index (χ1v) is 9.60. The molecule has 3 aromatic rings. The van der Waals surface area contributed by atoms with Crippen molar-refractivity contribution < 1.29 is 14.0 Å². The molecule has 1 fully saturated rings. The molecule has 0 aliphatic carbocycles. The van der Waals surface area contributed by atoms with E-state index in [2.05, 4.69) is 27.0 Å². The van der Waals surface area contributed by atoms with Crippen LogP contribution in [-0.4, -0.2) is 40.8 Å². The first-order valence-electron chi connectivity index (χ1n) is 8.72. The SMILES string of the molecule is C=CCOc1cc(CN2CCC(Oc3ccnc4ccsc34)CC2)on1. The van der Waals surface area contributed by atoms with Gasteiger partial charge in [0.05, 0.1) is 16.8 Å². The molecule has 0 saturated carbocycles. The number of nitrogens with zero attached hydrogens (tertiary/aromatic N) is 3. The fourth-order valence-corrected chi connectivity index (χ4v) is 3.92. The summed E-state index contributed by atoms with van der Waals surface area (Å²) in [5.74, 6) is 2.27. The summed E-state index contributed by atoms with van der Waals surface area (Å²) in [4.78, 5) is 6.72. The standard InChI is InChI=1S/C19H21N3O3S/c1-2-10-23-18-12-15(25-21-18)13-22-8-4-14(5-9-22)24-17-3-7-20-16-6-11-26-19(16)17/h2-3,6-7,11-12,14H,1,4-5,8-10,13H2. The summed E-state index contributed by atoms with van der Waals surface area (Å²) in [5, 5.41) is 5.97. The van der Waals surface area contributed by atoms with E-state index in [0.29, 0.717) is 12.5 Å². The van der Waals surface area contributed by atoms with Crippen molar-refractivity contribution in [3.05, 3.63) is 48.2 Å². The second kappa shape index (κ2) is 7.88. The molecule has 0 unspecified atom stereocenters.